The van der Waals surface area contributed by atoms with Crippen molar-refractivity contribution in [3.63, 3.8) is 0 Å². The molecule has 184 valence electrons. The van der Waals surface area contributed by atoms with Gasteiger partial charge in [0.2, 0.25) is 5.91 Å². The number of nitrogens with one attached hydrogen (secondary N) is 1. The minimum absolute atomic E-state index is 0.0121. The summed E-state index contributed by atoms with van der Waals surface area (Å²) in [6.07, 6.45) is 1.62. The van der Waals surface area contributed by atoms with E-state index >= 15 is 0 Å². The van der Waals surface area contributed by atoms with Crippen LogP contribution in [0.4, 0.5) is 13.2 Å². The summed E-state index contributed by atoms with van der Waals surface area (Å²) >= 11 is 0. The Bertz CT molecular complexity index is 1160. The molecule has 0 saturated carbocycles. The van der Waals surface area contributed by atoms with E-state index in [1.807, 2.05) is 12.1 Å². The predicted octanol–water partition coefficient (Wildman–Crippen LogP) is 3.16. The van der Waals surface area contributed by atoms with Crippen molar-refractivity contribution in [1.82, 2.24) is 25.3 Å². The maximum Gasteiger partial charge on any atom is 0.419 e. The molecule has 0 bridgehead atoms. The lowest BCUT2D eigenvalue weighted by Gasteiger charge is -2.23. The smallest absolute Gasteiger partial charge is 0.369 e. The van der Waals surface area contributed by atoms with Crippen LogP contribution in [0.3, 0.4) is 0 Å². The summed E-state index contributed by atoms with van der Waals surface area (Å²) in [6, 6.07) is 8.17. The first-order chi connectivity index (χ1) is 16.8. The first-order valence-corrected chi connectivity index (χ1v) is 11.6. The Hall–Kier alpha value is -3.40. The molecule has 1 amide bonds. The van der Waals surface area contributed by atoms with Crippen molar-refractivity contribution in [3.8, 4) is 0 Å². The Morgan fingerprint density at radius 1 is 1.03 bits per heavy atom. The van der Waals surface area contributed by atoms with E-state index in [0.717, 1.165) is 37.7 Å². The lowest BCUT2D eigenvalue weighted by atomic mass is 9.89. The number of amides is 1. The molecule has 3 N–H and O–H groups in total. The van der Waals surface area contributed by atoms with Crippen LogP contribution in [0.5, 0.6) is 0 Å². The molecule has 1 saturated heterocycles. The summed E-state index contributed by atoms with van der Waals surface area (Å²) in [5, 5.41) is 3.36. The number of carbonyl (C=O) groups is 1. The topological polar surface area (TPSA) is 107 Å². The van der Waals surface area contributed by atoms with Gasteiger partial charge in [0.1, 0.15) is 12.2 Å². The number of aryl methyl sites for hydroxylation is 2. The molecule has 4 rings (SSSR count). The summed E-state index contributed by atoms with van der Waals surface area (Å²) in [4.78, 5) is 27.6. The molecule has 1 aliphatic heterocycles. The Morgan fingerprint density at radius 3 is 2.43 bits per heavy atom. The molecule has 1 aliphatic rings. The van der Waals surface area contributed by atoms with Crippen LogP contribution in [0, 0.1) is 0 Å². The highest BCUT2D eigenvalue weighted by molar-refractivity contribution is 5.76. The predicted molar refractivity (Wildman–Crippen MR) is 123 cm³/mol. The number of primary amides is 1. The molecule has 1 aromatic carbocycles. The molecule has 3 aromatic rings. The fourth-order valence-electron chi connectivity index (χ4n) is 4.40. The van der Waals surface area contributed by atoms with Crippen LogP contribution in [0.2, 0.25) is 0 Å². The van der Waals surface area contributed by atoms with Crippen molar-refractivity contribution in [2.24, 2.45) is 5.73 Å². The van der Waals surface area contributed by atoms with Crippen LogP contribution in [-0.2, 0) is 36.7 Å². The second-order valence-corrected chi connectivity index (χ2v) is 8.72. The number of hydrogen-bond donors (Lipinski definition) is 2. The lowest BCUT2D eigenvalue weighted by Crippen LogP contribution is -2.26. The number of aromatic nitrogens is 4. The molecule has 10 heteroatoms. The van der Waals surface area contributed by atoms with Crippen molar-refractivity contribution >= 4 is 5.91 Å². The number of piperidine rings is 1. The Morgan fingerprint density at radius 2 is 1.74 bits per heavy atom. The van der Waals surface area contributed by atoms with Gasteiger partial charge >= 0.3 is 6.18 Å². The molecule has 7 nitrogen and oxygen atoms in total. The Labute approximate surface area is 201 Å². The second kappa shape index (κ2) is 10.9. The SMILES string of the molecule is NC(=O)Cc1cncnc1CCc1nc(Cc2ccc(C3CCNCC3)cc2)ncc1C(F)(F)F. The Kier molecular flexibility index (Phi) is 7.70. The van der Waals surface area contributed by atoms with E-state index in [2.05, 4.69) is 37.4 Å². The molecule has 0 radical (unpaired) electrons. The maximum atomic E-state index is 13.6. The van der Waals surface area contributed by atoms with Crippen LogP contribution in [0.15, 0.2) is 43.0 Å². The third kappa shape index (κ3) is 6.60. The van der Waals surface area contributed by atoms with Crippen molar-refractivity contribution in [2.75, 3.05) is 13.1 Å². The summed E-state index contributed by atoms with van der Waals surface area (Å²) in [6.45, 7) is 2.02. The second-order valence-electron chi connectivity index (χ2n) is 8.72. The van der Waals surface area contributed by atoms with Crippen LogP contribution < -0.4 is 11.1 Å². The summed E-state index contributed by atoms with van der Waals surface area (Å²) in [5.41, 5.74) is 7.48. The van der Waals surface area contributed by atoms with E-state index in [1.165, 1.54) is 18.1 Å². The van der Waals surface area contributed by atoms with Gasteiger partial charge < -0.3 is 11.1 Å². The normalized spacial score (nSPS) is 14.7. The molecule has 2 aromatic heterocycles. The van der Waals surface area contributed by atoms with E-state index in [9.17, 15) is 18.0 Å². The zero-order valence-electron chi connectivity index (χ0n) is 19.2. The monoisotopic (exact) mass is 484 g/mol. The molecule has 35 heavy (non-hydrogen) atoms. The van der Waals surface area contributed by atoms with Gasteiger partial charge in [-0.25, -0.2) is 19.9 Å². The van der Waals surface area contributed by atoms with Crippen LogP contribution >= 0.6 is 0 Å². The number of nitrogens with two attached hydrogens (primary N) is 1. The number of halogens is 3. The summed E-state index contributed by atoms with van der Waals surface area (Å²) < 4.78 is 40.9. The average molecular weight is 485 g/mol. The van der Waals surface area contributed by atoms with Gasteiger partial charge in [-0.2, -0.15) is 13.2 Å². The van der Waals surface area contributed by atoms with Gasteiger partial charge in [-0.15, -0.1) is 0 Å². The highest BCUT2D eigenvalue weighted by Gasteiger charge is 2.35. The molecule has 3 heterocycles. The molecular weight excluding hydrogens is 457 g/mol. The number of nitrogens with zero attached hydrogens (tertiary/aromatic N) is 4. The number of rotatable bonds is 8. The Balaban J connectivity index is 1.52. The average Bonchev–Trinajstić information content (AvgIpc) is 2.83. The number of alkyl halides is 3. The standard InChI is InChI=1S/C25H27F3N6O/c26-25(27,28)20-14-32-24(11-16-1-3-17(4-2-16)18-7-9-30-10-8-18)34-22(20)6-5-21-19(12-23(29)35)13-31-15-33-21/h1-4,13-15,18,30H,5-12H2,(H2,29,35). The van der Waals surface area contributed by atoms with E-state index in [4.69, 9.17) is 5.73 Å². The van der Waals surface area contributed by atoms with Gasteiger partial charge in [0.05, 0.1) is 17.7 Å². The van der Waals surface area contributed by atoms with Crippen molar-refractivity contribution in [2.45, 2.75) is 50.6 Å². The molecule has 1 fully saturated rings. The van der Waals surface area contributed by atoms with Crippen molar-refractivity contribution in [3.05, 3.63) is 82.5 Å². The minimum Gasteiger partial charge on any atom is -0.369 e. The van der Waals surface area contributed by atoms with Gasteiger partial charge in [-0.05, 0) is 55.8 Å². The van der Waals surface area contributed by atoms with Gasteiger partial charge in [0.25, 0.3) is 0 Å². The lowest BCUT2D eigenvalue weighted by molar-refractivity contribution is -0.138. The molecule has 0 spiro atoms. The van der Waals surface area contributed by atoms with Crippen molar-refractivity contribution in [1.29, 1.82) is 0 Å². The molecule has 0 atom stereocenters. The largest absolute Gasteiger partial charge is 0.419 e. The molecule has 0 unspecified atom stereocenters. The third-order valence-electron chi connectivity index (χ3n) is 6.22. The first-order valence-electron chi connectivity index (χ1n) is 11.6. The zero-order valence-corrected chi connectivity index (χ0v) is 19.2. The zero-order chi connectivity index (χ0) is 24.8. The summed E-state index contributed by atoms with van der Waals surface area (Å²) in [7, 11) is 0. The van der Waals surface area contributed by atoms with E-state index in [1.54, 1.807) is 0 Å². The quantitative estimate of drug-likeness (QED) is 0.509. The fourth-order valence-corrected chi connectivity index (χ4v) is 4.40. The number of hydrogen-bond acceptors (Lipinski definition) is 6. The highest BCUT2D eigenvalue weighted by atomic mass is 19.4. The van der Waals surface area contributed by atoms with Crippen LogP contribution in [0.1, 0.15) is 58.2 Å². The van der Waals surface area contributed by atoms with Gasteiger partial charge in [-0.3, -0.25) is 4.79 Å². The first kappa shape index (κ1) is 24.7. The highest BCUT2D eigenvalue weighted by Crippen LogP contribution is 2.32. The van der Waals surface area contributed by atoms with Crippen LogP contribution in [-0.4, -0.2) is 38.9 Å². The summed E-state index contributed by atoms with van der Waals surface area (Å²) in [5.74, 6) is 0.288. The minimum atomic E-state index is -4.58. The van der Waals surface area contributed by atoms with Gasteiger partial charge in [0.15, 0.2) is 0 Å². The number of carbonyl (C=O) groups excluding carboxylic acids is 1. The third-order valence-corrected chi connectivity index (χ3v) is 6.22. The van der Waals surface area contributed by atoms with Gasteiger partial charge in [-0.1, -0.05) is 24.3 Å². The van der Waals surface area contributed by atoms with Crippen LogP contribution in [0.25, 0.3) is 0 Å². The van der Waals surface area contributed by atoms with Crippen molar-refractivity contribution < 1.29 is 18.0 Å². The fraction of sp³-hybridized carbons (Fsp3) is 0.400. The van der Waals surface area contributed by atoms with E-state index < -0.39 is 17.6 Å². The maximum absolute atomic E-state index is 13.6. The molecule has 0 aliphatic carbocycles. The molecular formula is C25H27F3N6O. The van der Waals surface area contributed by atoms with Gasteiger partial charge in [0, 0.05) is 30.1 Å². The van der Waals surface area contributed by atoms with E-state index in [-0.39, 0.29) is 25.0 Å². The number of benzene rings is 1. The van der Waals surface area contributed by atoms with E-state index in [0.29, 0.717) is 29.4 Å².